The number of halogens is 1. The SMILES string of the molecule is CN(C)c1ccc(Cl)cc1NC1CCc2cc(O)ccc21. The van der Waals surface area contributed by atoms with Gasteiger partial charge in [0.25, 0.3) is 0 Å². The van der Waals surface area contributed by atoms with Gasteiger partial charge in [-0.05, 0) is 54.3 Å². The number of nitrogens with zero attached hydrogens (tertiary/aromatic N) is 1. The molecule has 1 atom stereocenters. The Labute approximate surface area is 130 Å². The van der Waals surface area contributed by atoms with Crippen molar-refractivity contribution in [2.24, 2.45) is 0 Å². The number of aromatic hydroxyl groups is 1. The summed E-state index contributed by atoms with van der Waals surface area (Å²) < 4.78 is 0. The van der Waals surface area contributed by atoms with Crippen molar-refractivity contribution in [3.05, 3.63) is 52.5 Å². The summed E-state index contributed by atoms with van der Waals surface area (Å²) in [6.07, 6.45) is 2.01. The van der Waals surface area contributed by atoms with E-state index in [1.165, 1.54) is 11.1 Å². The van der Waals surface area contributed by atoms with Gasteiger partial charge in [0.05, 0.1) is 17.4 Å². The molecule has 1 aliphatic rings. The fourth-order valence-electron chi connectivity index (χ4n) is 2.96. The normalized spacial score (nSPS) is 16.6. The molecule has 3 rings (SSSR count). The monoisotopic (exact) mass is 302 g/mol. The van der Waals surface area contributed by atoms with E-state index in [-0.39, 0.29) is 6.04 Å². The lowest BCUT2D eigenvalue weighted by Crippen LogP contribution is -2.14. The van der Waals surface area contributed by atoms with Crippen LogP contribution in [0.2, 0.25) is 5.02 Å². The average Bonchev–Trinajstić information content (AvgIpc) is 2.81. The highest BCUT2D eigenvalue weighted by molar-refractivity contribution is 6.31. The van der Waals surface area contributed by atoms with Crippen LogP contribution in [0.15, 0.2) is 36.4 Å². The topological polar surface area (TPSA) is 35.5 Å². The van der Waals surface area contributed by atoms with Crippen LogP contribution in [-0.4, -0.2) is 19.2 Å². The van der Waals surface area contributed by atoms with Gasteiger partial charge in [0.2, 0.25) is 0 Å². The van der Waals surface area contributed by atoms with E-state index in [0.717, 1.165) is 29.2 Å². The Balaban J connectivity index is 1.91. The largest absolute Gasteiger partial charge is 0.508 e. The van der Waals surface area contributed by atoms with Crippen LogP contribution >= 0.6 is 11.6 Å². The number of aryl methyl sites for hydroxylation is 1. The first kappa shape index (κ1) is 14.1. The van der Waals surface area contributed by atoms with Crippen LogP contribution in [0, 0.1) is 0 Å². The van der Waals surface area contributed by atoms with Crippen molar-refractivity contribution in [2.75, 3.05) is 24.3 Å². The summed E-state index contributed by atoms with van der Waals surface area (Å²) >= 11 is 6.14. The zero-order valence-corrected chi connectivity index (χ0v) is 13.0. The quantitative estimate of drug-likeness (QED) is 0.891. The highest BCUT2D eigenvalue weighted by Crippen LogP contribution is 2.38. The second-order valence-corrected chi connectivity index (χ2v) is 6.11. The molecule has 110 valence electrons. The molecule has 0 saturated heterocycles. The maximum Gasteiger partial charge on any atom is 0.115 e. The first-order chi connectivity index (χ1) is 10.0. The highest BCUT2D eigenvalue weighted by atomic mass is 35.5. The second-order valence-electron chi connectivity index (χ2n) is 5.67. The fraction of sp³-hybridized carbons (Fsp3) is 0.294. The van der Waals surface area contributed by atoms with Gasteiger partial charge in [-0.2, -0.15) is 0 Å². The standard InChI is InChI=1S/C17H19ClN2O/c1-20(2)17-8-4-12(18)10-16(17)19-15-7-3-11-9-13(21)5-6-14(11)15/h4-6,8-10,15,19,21H,3,7H2,1-2H3. The summed E-state index contributed by atoms with van der Waals surface area (Å²) in [5.41, 5.74) is 4.64. The predicted octanol–water partition coefficient (Wildman–Crippen LogP) is 4.21. The number of fused-ring (bicyclic) bond motifs is 1. The van der Waals surface area contributed by atoms with E-state index in [4.69, 9.17) is 11.6 Å². The van der Waals surface area contributed by atoms with Crippen LogP contribution in [0.1, 0.15) is 23.6 Å². The lowest BCUT2D eigenvalue weighted by Gasteiger charge is -2.22. The summed E-state index contributed by atoms with van der Waals surface area (Å²) in [6, 6.07) is 11.8. The molecule has 2 aromatic rings. The molecule has 0 amide bonds. The summed E-state index contributed by atoms with van der Waals surface area (Å²) in [6.45, 7) is 0. The van der Waals surface area contributed by atoms with Crippen molar-refractivity contribution in [3.8, 4) is 5.75 Å². The Bertz CT molecular complexity index is 670. The average molecular weight is 303 g/mol. The molecule has 0 aromatic heterocycles. The van der Waals surface area contributed by atoms with Gasteiger partial charge in [-0.3, -0.25) is 0 Å². The fourth-order valence-corrected chi connectivity index (χ4v) is 3.13. The highest BCUT2D eigenvalue weighted by Gasteiger charge is 2.23. The Morgan fingerprint density at radius 3 is 2.76 bits per heavy atom. The minimum atomic E-state index is 0.262. The number of phenolic OH excluding ortho intramolecular Hbond substituents is 1. The molecule has 0 bridgehead atoms. The van der Waals surface area contributed by atoms with E-state index in [1.807, 2.05) is 44.4 Å². The maximum absolute atomic E-state index is 9.58. The first-order valence-corrected chi connectivity index (χ1v) is 7.47. The van der Waals surface area contributed by atoms with E-state index >= 15 is 0 Å². The molecule has 2 aromatic carbocycles. The van der Waals surface area contributed by atoms with Crippen LogP contribution in [-0.2, 0) is 6.42 Å². The Morgan fingerprint density at radius 1 is 1.19 bits per heavy atom. The molecule has 0 aliphatic heterocycles. The molecule has 0 fully saturated rings. The van der Waals surface area contributed by atoms with E-state index in [9.17, 15) is 5.11 Å². The molecule has 1 aliphatic carbocycles. The number of anilines is 2. The summed E-state index contributed by atoms with van der Waals surface area (Å²) in [5.74, 6) is 0.339. The molecule has 0 heterocycles. The van der Waals surface area contributed by atoms with Gasteiger partial charge >= 0.3 is 0 Å². The number of rotatable bonds is 3. The van der Waals surface area contributed by atoms with E-state index in [2.05, 4.69) is 10.2 Å². The lowest BCUT2D eigenvalue weighted by atomic mass is 10.1. The van der Waals surface area contributed by atoms with E-state index < -0.39 is 0 Å². The first-order valence-electron chi connectivity index (χ1n) is 7.10. The third kappa shape index (κ3) is 2.79. The zero-order chi connectivity index (χ0) is 15.0. The van der Waals surface area contributed by atoms with Gasteiger partial charge in [-0.1, -0.05) is 17.7 Å². The third-order valence-corrected chi connectivity index (χ3v) is 4.21. The van der Waals surface area contributed by atoms with Crippen molar-refractivity contribution in [3.63, 3.8) is 0 Å². The molecule has 1 unspecified atom stereocenters. The molecule has 21 heavy (non-hydrogen) atoms. The Hall–Kier alpha value is -1.87. The smallest absolute Gasteiger partial charge is 0.115 e. The van der Waals surface area contributed by atoms with Gasteiger partial charge in [-0.15, -0.1) is 0 Å². The van der Waals surface area contributed by atoms with Crippen LogP contribution < -0.4 is 10.2 Å². The van der Waals surface area contributed by atoms with Crippen LogP contribution in [0.4, 0.5) is 11.4 Å². The molecule has 0 radical (unpaired) electrons. The summed E-state index contributed by atoms with van der Waals surface area (Å²) in [7, 11) is 4.05. The number of nitrogens with one attached hydrogen (secondary N) is 1. The van der Waals surface area contributed by atoms with E-state index in [0.29, 0.717) is 5.75 Å². The lowest BCUT2D eigenvalue weighted by molar-refractivity contribution is 0.474. The van der Waals surface area contributed by atoms with Crippen LogP contribution in [0.5, 0.6) is 5.75 Å². The third-order valence-electron chi connectivity index (χ3n) is 3.97. The Kier molecular flexibility index (Phi) is 3.68. The van der Waals surface area contributed by atoms with Crippen LogP contribution in [0.3, 0.4) is 0 Å². The summed E-state index contributed by atoms with van der Waals surface area (Å²) in [5, 5.41) is 13.9. The number of phenols is 1. The van der Waals surface area contributed by atoms with E-state index in [1.54, 1.807) is 6.07 Å². The molecule has 0 spiro atoms. The van der Waals surface area contributed by atoms with Crippen molar-refractivity contribution in [1.82, 2.24) is 0 Å². The Morgan fingerprint density at radius 2 is 2.00 bits per heavy atom. The molecule has 4 heteroatoms. The van der Waals surface area contributed by atoms with Gasteiger partial charge < -0.3 is 15.3 Å². The molecule has 0 saturated carbocycles. The van der Waals surface area contributed by atoms with Gasteiger partial charge in [0.15, 0.2) is 0 Å². The molecular weight excluding hydrogens is 284 g/mol. The van der Waals surface area contributed by atoms with Crippen molar-refractivity contribution < 1.29 is 5.11 Å². The minimum absolute atomic E-state index is 0.262. The van der Waals surface area contributed by atoms with Crippen molar-refractivity contribution in [1.29, 1.82) is 0 Å². The molecule has 2 N–H and O–H groups in total. The van der Waals surface area contributed by atoms with Gasteiger partial charge in [0, 0.05) is 19.1 Å². The second kappa shape index (κ2) is 5.49. The number of benzene rings is 2. The minimum Gasteiger partial charge on any atom is -0.508 e. The number of hydrogen-bond donors (Lipinski definition) is 2. The molecular formula is C17H19ClN2O. The van der Waals surface area contributed by atoms with Gasteiger partial charge in [0.1, 0.15) is 5.75 Å². The zero-order valence-electron chi connectivity index (χ0n) is 12.2. The predicted molar refractivity (Wildman–Crippen MR) is 88.6 cm³/mol. The number of hydrogen-bond acceptors (Lipinski definition) is 3. The maximum atomic E-state index is 9.58. The van der Waals surface area contributed by atoms with Crippen LogP contribution in [0.25, 0.3) is 0 Å². The molecule has 3 nitrogen and oxygen atoms in total. The summed E-state index contributed by atoms with van der Waals surface area (Å²) in [4.78, 5) is 2.07. The van der Waals surface area contributed by atoms with Crippen molar-refractivity contribution in [2.45, 2.75) is 18.9 Å². The van der Waals surface area contributed by atoms with Gasteiger partial charge in [-0.25, -0.2) is 0 Å². The van der Waals surface area contributed by atoms with Crippen molar-refractivity contribution >= 4 is 23.0 Å².